The van der Waals surface area contributed by atoms with Crippen LogP contribution >= 0.6 is 0 Å². The molecule has 0 aliphatic carbocycles. The van der Waals surface area contributed by atoms with Crippen LogP contribution in [0.3, 0.4) is 0 Å². The van der Waals surface area contributed by atoms with Gasteiger partial charge in [-0.05, 0) is 37.8 Å². The van der Waals surface area contributed by atoms with Crippen LogP contribution in [-0.4, -0.2) is 61.2 Å². The molecule has 3 amide bonds. The molecule has 3 rings (SSSR count). The van der Waals surface area contributed by atoms with Crippen LogP contribution in [0, 0.1) is 19.3 Å². The molecule has 1 unspecified atom stereocenters. The number of fused-ring (bicyclic) bond motifs is 2. The van der Waals surface area contributed by atoms with Crippen molar-refractivity contribution >= 4 is 28.3 Å². The molecule has 2 aliphatic rings. The molecular formula is C21H29N3O8S. The number of hydrogen-bond donors (Lipinski definition) is 1. The fourth-order valence-corrected chi connectivity index (χ4v) is 4.84. The van der Waals surface area contributed by atoms with Crippen LogP contribution < -0.4 is 5.73 Å². The Balaban J connectivity index is 1.76. The number of nitrogens with zero attached hydrogens (tertiary/aromatic N) is 2. The highest BCUT2D eigenvalue weighted by molar-refractivity contribution is 7.81. The number of rotatable bonds is 7. The number of aryl methyl sites for hydroxylation is 2. The minimum absolute atomic E-state index is 0.103. The minimum atomic E-state index is -4.82. The van der Waals surface area contributed by atoms with Gasteiger partial charge < -0.3 is 15.4 Å². The molecule has 2 fully saturated rings. The lowest BCUT2D eigenvalue weighted by Crippen LogP contribution is -2.47. The zero-order valence-electron chi connectivity index (χ0n) is 19.2. The van der Waals surface area contributed by atoms with Crippen molar-refractivity contribution in [3.05, 3.63) is 34.9 Å². The SMILES string of the molecule is Cc1cccc(C)c1C(=O)OC(OS(=O)(=O)ON1C(=O)N2C[C@H]1CC[C@H]2C(N)=O)C(C)(C)C. The van der Waals surface area contributed by atoms with Crippen LogP contribution in [0.25, 0.3) is 0 Å². The van der Waals surface area contributed by atoms with E-state index in [1.165, 1.54) is 4.90 Å². The number of piperidine rings is 1. The Bertz CT molecular complexity index is 1050. The minimum Gasteiger partial charge on any atom is -0.430 e. The Morgan fingerprint density at radius 2 is 1.76 bits per heavy atom. The predicted molar refractivity (Wildman–Crippen MR) is 116 cm³/mol. The van der Waals surface area contributed by atoms with Gasteiger partial charge in [-0.15, -0.1) is 4.28 Å². The second-order valence-electron chi connectivity index (χ2n) is 9.36. The number of amides is 3. The Kier molecular flexibility index (Phi) is 6.74. The molecule has 0 saturated carbocycles. The van der Waals surface area contributed by atoms with Crippen molar-refractivity contribution in [2.24, 2.45) is 11.1 Å². The van der Waals surface area contributed by atoms with Gasteiger partial charge >= 0.3 is 22.4 Å². The van der Waals surface area contributed by atoms with E-state index in [9.17, 15) is 22.8 Å². The van der Waals surface area contributed by atoms with Gasteiger partial charge in [0.1, 0.15) is 6.04 Å². The van der Waals surface area contributed by atoms with E-state index in [0.717, 1.165) is 0 Å². The van der Waals surface area contributed by atoms with Gasteiger partial charge in [-0.3, -0.25) is 4.79 Å². The molecule has 2 saturated heterocycles. The molecule has 0 radical (unpaired) electrons. The molecule has 12 heteroatoms. The summed E-state index contributed by atoms with van der Waals surface area (Å²) in [6.45, 7) is 8.46. The van der Waals surface area contributed by atoms with E-state index in [2.05, 4.69) is 0 Å². The van der Waals surface area contributed by atoms with Gasteiger partial charge in [0.15, 0.2) is 0 Å². The number of hydrogen-bond acceptors (Lipinski definition) is 8. The Hall–Kier alpha value is -2.70. The molecule has 0 spiro atoms. The third-order valence-electron chi connectivity index (χ3n) is 5.63. The number of esters is 1. The number of hydroxylamine groups is 2. The zero-order chi connectivity index (χ0) is 24.7. The molecule has 2 N–H and O–H groups in total. The molecule has 2 aliphatic heterocycles. The summed E-state index contributed by atoms with van der Waals surface area (Å²) in [5, 5.41) is 0.672. The molecule has 2 heterocycles. The zero-order valence-corrected chi connectivity index (χ0v) is 20.0. The molecule has 33 heavy (non-hydrogen) atoms. The van der Waals surface area contributed by atoms with Crippen LogP contribution in [0.15, 0.2) is 18.2 Å². The van der Waals surface area contributed by atoms with Gasteiger partial charge in [0.2, 0.25) is 12.2 Å². The number of primary amides is 1. The van der Waals surface area contributed by atoms with Gasteiger partial charge in [0.05, 0.1) is 11.6 Å². The first-order valence-corrected chi connectivity index (χ1v) is 11.8. The lowest BCUT2D eigenvalue weighted by atomic mass is 9.96. The van der Waals surface area contributed by atoms with Crippen LogP contribution in [0.1, 0.15) is 55.1 Å². The molecule has 11 nitrogen and oxygen atoms in total. The number of urea groups is 1. The van der Waals surface area contributed by atoms with Crippen LogP contribution in [0.4, 0.5) is 4.79 Å². The second-order valence-corrected chi connectivity index (χ2v) is 10.5. The monoisotopic (exact) mass is 483 g/mol. The van der Waals surface area contributed by atoms with E-state index in [1.807, 2.05) is 0 Å². The first-order valence-electron chi connectivity index (χ1n) is 10.5. The van der Waals surface area contributed by atoms with E-state index >= 15 is 0 Å². The van der Waals surface area contributed by atoms with Gasteiger partial charge in [0, 0.05) is 12.0 Å². The summed E-state index contributed by atoms with van der Waals surface area (Å²) in [7, 11) is -4.82. The average molecular weight is 484 g/mol. The summed E-state index contributed by atoms with van der Waals surface area (Å²) in [4.78, 5) is 38.2. The normalized spacial score (nSPS) is 21.8. The molecule has 1 aromatic rings. The molecule has 182 valence electrons. The summed E-state index contributed by atoms with van der Waals surface area (Å²) >= 11 is 0. The maximum atomic E-state index is 12.8. The van der Waals surface area contributed by atoms with E-state index in [0.29, 0.717) is 34.6 Å². The number of nitrogens with two attached hydrogens (primary N) is 1. The number of carbonyl (C=O) groups excluding carboxylic acids is 3. The quantitative estimate of drug-likeness (QED) is 0.456. The fraction of sp³-hybridized carbons (Fsp3) is 0.571. The van der Waals surface area contributed by atoms with Gasteiger partial charge in [-0.1, -0.05) is 39.0 Å². The summed E-state index contributed by atoms with van der Waals surface area (Å²) < 4.78 is 40.9. The third-order valence-corrected chi connectivity index (χ3v) is 6.39. The Labute approximate surface area is 193 Å². The third kappa shape index (κ3) is 5.28. The molecular weight excluding hydrogens is 454 g/mol. The van der Waals surface area contributed by atoms with Crippen LogP contribution in [0.5, 0.6) is 0 Å². The molecule has 0 aromatic heterocycles. The molecule has 2 bridgehead atoms. The lowest BCUT2D eigenvalue weighted by molar-refractivity contribution is -0.124. The van der Waals surface area contributed by atoms with Crippen LogP contribution in [-0.2, 0) is 28.4 Å². The summed E-state index contributed by atoms with van der Waals surface area (Å²) in [5.41, 5.74) is 6.02. The highest BCUT2D eigenvalue weighted by Gasteiger charge is 2.49. The standard InChI is InChI=1S/C21H29N3O8S/c1-12-7-6-8-13(2)16(12)18(26)30-19(21(3,4)5)31-33(28,29)32-24-14-9-10-15(17(22)25)23(11-14)20(24)27/h6-8,14-15,19H,9-11H2,1-5H3,(H2,22,25)/t14-,15+,19?/m1/s1. The number of benzene rings is 1. The topological polar surface area (TPSA) is 146 Å². The van der Waals surface area contributed by atoms with Crippen molar-refractivity contribution in [1.29, 1.82) is 0 Å². The molecule has 1 aromatic carbocycles. The van der Waals surface area contributed by atoms with Crippen molar-refractivity contribution < 1.29 is 36.0 Å². The van der Waals surface area contributed by atoms with Crippen molar-refractivity contribution in [2.75, 3.05) is 6.54 Å². The van der Waals surface area contributed by atoms with Crippen LogP contribution in [0.2, 0.25) is 0 Å². The Morgan fingerprint density at radius 3 is 2.30 bits per heavy atom. The van der Waals surface area contributed by atoms with Gasteiger partial charge in [-0.2, -0.15) is 13.5 Å². The summed E-state index contributed by atoms with van der Waals surface area (Å²) in [5.74, 6) is -1.42. The van der Waals surface area contributed by atoms with Crippen molar-refractivity contribution in [3.63, 3.8) is 0 Å². The first kappa shape index (κ1) is 24.9. The average Bonchev–Trinajstić information content (AvgIpc) is 2.90. The summed E-state index contributed by atoms with van der Waals surface area (Å²) in [6.07, 6.45) is -0.912. The predicted octanol–water partition coefficient (Wildman–Crippen LogP) is 1.78. The Morgan fingerprint density at radius 1 is 1.15 bits per heavy atom. The van der Waals surface area contributed by atoms with Crippen molar-refractivity contribution in [2.45, 2.75) is 65.8 Å². The first-order chi connectivity index (χ1) is 15.2. The lowest BCUT2D eigenvalue weighted by Gasteiger charge is -2.30. The number of ether oxygens (including phenoxy) is 1. The highest BCUT2D eigenvalue weighted by Crippen LogP contribution is 2.32. The highest BCUT2D eigenvalue weighted by atomic mass is 32.3. The molecule has 3 atom stereocenters. The van der Waals surface area contributed by atoms with E-state index < -0.39 is 52.1 Å². The summed E-state index contributed by atoms with van der Waals surface area (Å²) in [6, 6.07) is 3.06. The second kappa shape index (κ2) is 8.92. The van der Waals surface area contributed by atoms with Gasteiger partial charge in [-0.25, -0.2) is 13.8 Å². The smallest absolute Gasteiger partial charge is 0.424 e. The number of carbonyl (C=O) groups is 3. The van der Waals surface area contributed by atoms with E-state index in [1.54, 1.807) is 52.8 Å². The van der Waals surface area contributed by atoms with Gasteiger partial charge in [0.25, 0.3) is 0 Å². The van der Waals surface area contributed by atoms with E-state index in [-0.39, 0.29) is 6.54 Å². The largest absolute Gasteiger partial charge is 0.430 e. The van der Waals surface area contributed by atoms with E-state index in [4.69, 9.17) is 18.9 Å². The maximum absolute atomic E-state index is 12.8. The maximum Gasteiger partial charge on any atom is 0.424 e. The van der Waals surface area contributed by atoms with Crippen molar-refractivity contribution in [1.82, 2.24) is 9.96 Å². The van der Waals surface area contributed by atoms with Crippen molar-refractivity contribution in [3.8, 4) is 0 Å². The fourth-order valence-electron chi connectivity index (χ4n) is 3.88.